The summed E-state index contributed by atoms with van der Waals surface area (Å²) < 4.78 is 43.6. The minimum Gasteiger partial charge on any atom is -0.378 e. The maximum absolute atomic E-state index is 12.8. The molecule has 2 amide bonds. The van der Waals surface area contributed by atoms with E-state index in [1.807, 2.05) is 13.8 Å². The number of anilines is 2. The van der Waals surface area contributed by atoms with Gasteiger partial charge in [-0.1, -0.05) is 12.1 Å². The molecule has 0 unspecified atom stereocenters. The van der Waals surface area contributed by atoms with Crippen LogP contribution in [0.15, 0.2) is 48.5 Å². The van der Waals surface area contributed by atoms with Crippen molar-refractivity contribution >= 4 is 23.2 Å². The van der Waals surface area contributed by atoms with E-state index in [1.54, 1.807) is 12.1 Å². The fourth-order valence-electron chi connectivity index (χ4n) is 2.33. The lowest BCUT2D eigenvalue weighted by atomic mass is 10.1. The van der Waals surface area contributed by atoms with Crippen LogP contribution in [0.1, 0.15) is 36.2 Å². The Morgan fingerprint density at radius 3 is 2.29 bits per heavy atom. The van der Waals surface area contributed by atoms with Crippen LogP contribution in [-0.4, -0.2) is 24.5 Å². The van der Waals surface area contributed by atoms with Gasteiger partial charge in [-0.3, -0.25) is 9.59 Å². The summed E-state index contributed by atoms with van der Waals surface area (Å²) in [7, 11) is 0. The molecule has 2 rings (SSSR count). The van der Waals surface area contributed by atoms with Crippen molar-refractivity contribution in [1.29, 1.82) is 0 Å². The van der Waals surface area contributed by atoms with Gasteiger partial charge in [-0.25, -0.2) is 0 Å². The van der Waals surface area contributed by atoms with Crippen molar-refractivity contribution in [1.82, 2.24) is 0 Å². The summed E-state index contributed by atoms with van der Waals surface area (Å²) in [5.41, 5.74) is -0.213. The first-order valence-corrected chi connectivity index (χ1v) is 8.65. The molecule has 5 nitrogen and oxygen atoms in total. The molecule has 2 aromatic rings. The number of alkyl halides is 3. The Bertz CT molecular complexity index is 835. The Morgan fingerprint density at radius 2 is 1.64 bits per heavy atom. The quantitative estimate of drug-likeness (QED) is 0.715. The molecule has 2 N–H and O–H groups in total. The molecule has 8 heteroatoms. The number of ether oxygens (including phenoxy) is 1. The molecular weight excluding hydrogens is 373 g/mol. The minimum absolute atomic E-state index is 0.0238. The Balaban J connectivity index is 2.01. The van der Waals surface area contributed by atoms with Crippen LogP contribution in [0.2, 0.25) is 0 Å². The minimum atomic E-state index is -4.50. The third kappa shape index (κ3) is 6.70. The highest BCUT2D eigenvalue weighted by Crippen LogP contribution is 2.30. The molecule has 0 radical (unpaired) electrons. The summed E-state index contributed by atoms with van der Waals surface area (Å²) in [6, 6.07) is 10.5. The highest BCUT2D eigenvalue weighted by atomic mass is 19.4. The van der Waals surface area contributed by atoms with Crippen molar-refractivity contribution < 1.29 is 27.5 Å². The zero-order valence-corrected chi connectivity index (χ0v) is 15.5. The van der Waals surface area contributed by atoms with Crippen LogP contribution in [0.4, 0.5) is 24.5 Å². The van der Waals surface area contributed by atoms with E-state index in [4.69, 9.17) is 4.74 Å². The van der Waals surface area contributed by atoms with Crippen LogP contribution in [0, 0.1) is 0 Å². The molecule has 0 heterocycles. The summed E-state index contributed by atoms with van der Waals surface area (Å²) in [5.74, 6) is -0.852. The Morgan fingerprint density at radius 1 is 1.00 bits per heavy atom. The van der Waals surface area contributed by atoms with Gasteiger partial charge in [0.1, 0.15) is 0 Å². The molecular formula is C20H21F3N2O3. The Labute approximate surface area is 160 Å². The van der Waals surface area contributed by atoms with Gasteiger partial charge in [-0.2, -0.15) is 13.2 Å². The normalized spacial score (nSPS) is 11.4. The molecule has 0 aliphatic heterocycles. The fraction of sp³-hybridized carbons (Fsp3) is 0.300. The van der Waals surface area contributed by atoms with Crippen molar-refractivity contribution in [3.8, 4) is 0 Å². The predicted molar refractivity (Wildman–Crippen MR) is 100 cm³/mol. The van der Waals surface area contributed by atoms with Crippen LogP contribution >= 0.6 is 0 Å². The lowest BCUT2D eigenvalue weighted by Crippen LogP contribution is -2.17. The highest BCUT2D eigenvalue weighted by molar-refractivity contribution is 6.05. The largest absolute Gasteiger partial charge is 0.416 e. The Hall–Kier alpha value is -2.87. The average Bonchev–Trinajstić information content (AvgIpc) is 2.61. The number of carbonyl (C=O) groups excluding carboxylic acids is 2. The van der Waals surface area contributed by atoms with Crippen molar-refractivity contribution in [2.45, 2.75) is 32.5 Å². The molecule has 0 aliphatic carbocycles. The van der Waals surface area contributed by atoms with Crippen LogP contribution in [-0.2, 0) is 15.7 Å². The first-order chi connectivity index (χ1) is 13.1. The highest BCUT2D eigenvalue weighted by Gasteiger charge is 2.30. The molecule has 0 saturated heterocycles. The van der Waals surface area contributed by atoms with Gasteiger partial charge in [0, 0.05) is 16.9 Å². The maximum atomic E-state index is 12.8. The molecule has 0 aromatic heterocycles. The van der Waals surface area contributed by atoms with E-state index in [2.05, 4.69) is 10.6 Å². The summed E-state index contributed by atoms with van der Waals surface area (Å²) in [4.78, 5) is 24.2. The van der Waals surface area contributed by atoms with Crippen molar-refractivity contribution in [3.05, 3.63) is 59.7 Å². The molecule has 0 fully saturated rings. The van der Waals surface area contributed by atoms with Gasteiger partial charge in [-0.05, 0) is 50.2 Å². The molecule has 150 valence electrons. The summed E-state index contributed by atoms with van der Waals surface area (Å²) in [6.45, 7) is 4.01. The lowest BCUT2D eigenvalue weighted by Gasteiger charge is -2.11. The lowest BCUT2D eigenvalue weighted by molar-refractivity contribution is -0.137. The van der Waals surface area contributed by atoms with Crippen LogP contribution in [0.25, 0.3) is 0 Å². The second-order valence-corrected chi connectivity index (χ2v) is 6.33. The standard InChI is InChI=1S/C20H21F3N2O3/c1-13(2)28-10-9-18(26)24-16-7-3-5-14(11-16)19(27)25-17-8-4-6-15(12-17)20(21,22)23/h3-8,11-13H,9-10H2,1-2H3,(H,24,26)(H,25,27). The topological polar surface area (TPSA) is 67.4 Å². The molecule has 0 spiro atoms. The van der Waals surface area contributed by atoms with Gasteiger partial charge >= 0.3 is 6.18 Å². The van der Waals surface area contributed by atoms with E-state index in [1.165, 1.54) is 24.3 Å². The molecule has 0 aliphatic rings. The van der Waals surface area contributed by atoms with E-state index < -0.39 is 17.6 Å². The predicted octanol–water partition coefficient (Wildman–Crippen LogP) is 4.71. The van der Waals surface area contributed by atoms with Crippen LogP contribution in [0.3, 0.4) is 0 Å². The third-order valence-electron chi connectivity index (χ3n) is 3.64. The number of hydrogen-bond acceptors (Lipinski definition) is 3. The number of rotatable bonds is 7. The molecule has 28 heavy (non-hydrogen) atoms. The van der Waals surface area contributed by atoms with Crippen molar-refractivity contribution in [2.75, 3.05) is 17.2 Å². The van der Waals surface area contributed by atoms with Gasteiger partial charge < -0.3 is 15.4 Å². The number of halogens is 3. The van der Waals surface area contributed by atoms with Gasteiger partial charge in [0.15, 0.2) is 0 Å². The molecule has 2 aromatic carbocycles. The molecule has 0 atom stereocenters. The number of hydrogen-bond donors (Lipinski definition) is 2. The second-order valence-electron chi connectivity index (χ2n) is 6.33. The Kier molecular flexibility index (Phi) is 7.17. The number of nitrogens with one attached hydrogen (secondary N) is 2. The monoisotopic (exact) mass is 394 g/mol. The SMILES string of the molecule is CC(C)OCCC(=O)Nc1cccc(C(=O)Nc2cccc(C(F)(F)F)c2)c1. The van der Waals surface area contributed by atoms with E-state index in [0.717, 1.165) is 12.1 Å². The third-order valence-corrected chi connectivity index (χ3v) is 3.64. The first kappa shape index (κ1) is 21.4. The van der Waals surface area contributed by atoms with Crippen molar-refractivity contribution in [2.24, 2.45) is 0 Å². The van der Waals surface area contributed by atoms with E-state index in [9.17, 15) is 22.8 Å². The number of benzene rings is 2. The number of amides is 2. The fourth-order valence-corrected chi connectivity index (χ4v) is 2.33. The summed E-state index contributed by atoms with van der Waals surface area (Å²) in [6.07, 6.45) is -4.31. The van der Waals surface area contributed by atoms with Gasteiger partial charge in [0.25, 0.3) is 5.91 Å². The maximum Gasteiger partial charge on any atom is 0.416 e. The van der Waals surface area contributed by atoms with Gasteiger partial charge in [0.2, 0.25) is 5.91 Å². The number of carbonyl (C=O) groups is 2. The second kappa shape index (κ2) is 9.36. The molecule has 0 saturated carbocycles. The first-order valence-electron chi connectivity index (χ1n) is 8.65. The summed E-state index contributed by atoms with van der Waals surface area (Å²) >= 11 is 0. The van der Waals surface area contributed by atoms with Gasteiger partial charge in [0.05, 0.1) is 24.7 Å². The average molecular weight is 394 g/mol. The molecule has 0 bridgehead atoms. The van der Waals surface area contributed by atoms with Gasteiger partial charge in [-0.15, -0.1) is 0 Å². The smallest absolute Gasteiger partial charge is 0.378 e. The van der Waals surface area contributed by atoms with Crippen LogP contribution < -0.4 is 10.6 Å². The van der Waals surface area contributed by atoms with Crippen molar-refractivity contribution in [3.63, 3.8) is 0 Å². The van der Waals surface area contributed by atoms with Crippen LogP contribution in [0.5, 0.6) is 0 Å². The van der Waals surface area contributed by atoms with E-state index in [0.29, 0.717) is 5.69 Å². The zero-order valence-electron chi connectivity index (χ0n) is 15.5. The van der Waals surface area contributed by atoms with E-state index in [-0.39, 0.29) is 36.3 Å². The zero-order chi connectivity index (χ0) is 20.7. The van der Waals surface area contributed by atoms with E-state index >= 15 is 0 Å². The summed E-state index contributed by atoms with van der Waals surface area (Å²) in [5, 5.41) is 5.08.